The molecule has 0 unspecified atom stereocenters. The highest BCUT2D eigenvalue weighted by Gasteiger charge is 2.25. The topological polar surface area (TPSA) is 0 Å². The number of hydrogen-bond acceptors (Lipinski definition) is 0. The Hall–Kier alpha value is -0.930. The number of hydrogen-bond donors (Lipinski definition) is 0. The van der Waals surface area contributed by atoms with Gasteiger partial charge in [-0.2, -0.15) is 0 Å². The predicted octanol–water partition coefficient (Wildman–Crippen LogP) is 3.20. The van der Waals surface area contributed by atoms with Crippen LogP contribution >= 0.6 is 11.6 Å². The van der Waals surface area contributed by atoms with Gasteiger partial charge in [-0.15, -0.1) is 6.42 Å². The Kier molecular flexibility index (Phi) is 1.83. The molecule has 12 heavy (non-hydrogen) atoms. The molecule has 0 spiro atoms. The minimum absolute atomic E-state index is 0.698. The third-order valence-electron chi connectivity index (χ3n) is 2.18. The highest BCUT2D eigenvalue weighted by Crippen LogP contribution is 2.43. The molecule has 1 aliphatic rings. The summed E-state index contributed by atoms with van der Waals surface area (Å²) in [4.78, 5) is 0. The van der Waals surface area contributed by atoms with Crippen LogP contribution in [0.15, 0.2) is 18.2 Å². The van der Waals surface area contributed by atoms with E-state index in [1.807, 2.05) is 12.1 Å². The molecule has 1 fully saturated rings. The van der Waals surface area contributed by atoms with Crippen molar-refractivity contribution >= 4 is 11.6 Å². The lowest BCUT2D eigenvalue weighted by molar-refractivity contribution is 1.13. The fraction of sp³-hybridized carbons (Fsp3) is 0.273. The van der Waals surface area contributed by atoms with Crippen LogP contribution in [0.3, 0.4) is 0 Å². The average Bonchev–Trinajstić information content (AvgIpc) is 2.87. The van der Waals surface area contributed by atoms with Gasteiger partial charge in [0.05, 0.1) is 0 Å². The first-order chi connectivity index (χ1) is 5.81. The SMILES string of the molecule is C#Cc1ccc(C2CC2)c(Cl)c1. The molecule has 1 saturated carbocycles. The normalized spacial score (nSPS) is 15.7. The minimum atomic E-state index is 0.698. The second-order valence-corrected chi connectivity index (χ2v) is 3.56. The van der Waals surface area contributed by atoms with Crippen molar-refractivity contribution in [3.05, 3.63) is 34.3 Å². The molecule has 1 aromatic rings. The summed E-state index contributed by atoms with van der Waals surface area (Å²) in [5.41, 5.74) is 2.13. The predicted molar refractivity (Wildman–Crippen MR) is 51.4 cm³/mol. The molecule has 1 heteroatoms. The van der Waals surface area contributed by atoms with Crippen molar-refractivity contribution in [3.63, 3.8) is 0 Å². The summed E-state index contributed by atoms with van der Waals surface area (Å²) in [5, 5.41) is 0.827. The van der Waals surface area contributed by atoms with Gasteiger partial charge in [-0.3, -0.25) is 0 Å². The van der Waals surface area contributed by atoms with E-state index in [1.54, 1.807) is 0 Å². The molecule has 0 radical (unpaired) electrons. The molecule has 0 saturated heterocycles. The van der Waals surface area contributed by atoms with E-state index in [4.69, 9.17) is 18.0 Å². The van der Waals surface area contributed by atoms with Gasteiger partial charge in [0.1, 0.15) is 0 Å². The zero-order chi connectivity index (χ0) is 8.55. The first-order valence-corrected chi connectivity index (χ1v) is 4.45. The molecule has 0 N–H and O–H groups in total. The average molecular weight is 177 g/mol. The fourth-order valence-corrected chi connectivity index (χ4v) is 1.68. The second-order valence-electron chi connectivity index (χ2n) is 3.15. The maximum atomic E-state index is 6.05. The first-order valence-electron chi connectivity index (χ1n) is 4.07. The van der Waals surface area contributed by atoms with Crippen LogP contribution in [0, 0.1) is 12.3 Å². The summed E-state index contributed by atoms with van der Waals surface area (Å²) in [6.07, 6.45) is 7.80. The molecule has 0 aromatic heterocycles. The smallest absolute Gasteiger partial charge is 0.0453 e. The summed E-state index contributed by atoms with van der Waals surface area (Å²) in [6.45, 7) is 0. The molecule has 60 valence electrons. The number of benzene rings is 1. The van der Waals surface area contributed by atoms with Gasteiger partial charge in [-0.05, 0) is 36.5 Å². The van der Waals surface area contributed by atoms with Gasteiger partial charge in [0.15, 0.2) is 0 Å². The van der Waals surface area contributed by atoms with Gasteiger partial charge in [0.25, 0.3) is 0 Å². The van der Waals surface area contributed by atoms with Gasteiger partial charge in [-0.25, -0.2) is 0 Å². The Bertz CT molecular complexity index is 343. The van der Waals surface area contributed by atoms with E-state index in [0.717, 1.165) is 10.6 Å². The van der Waals surface area contributed by atoms with E-state index in [0.29, 0.717) is 5.92 Å². The second kappa shape index (κ2) is 2.84. The van der Waals surface area contributed by atoms with Crippen molar-refractivity contribution in [2.45, 2.75) is 18.8 Å². The van der Waals surface area contributed by atoms with Gasteiger partial charge in [-0.1, -0.05) is 23.6 Å². The molecule has 0 amide bonds. The van der Waals surface area contributed by atoms with E-state index in [9.17, 15) is 0 Å². The molecule has 2 rings (SSSR count). The standard InChI is InChI=1S/C11H9Cl/c1-2-8-3-6-10(9-4-5-9)11(12)7-8/h1,3,6-7,9H,4-5H2. The molecular weight excluding hydrogens is 168 g/mol. The zero-order valence-corrected chi connectivity index (χ0v) is 7.43. The van der Waals surface area contributed by atoms with Gasteiger partial charge in [0.2, 0.25) is 0 Å². The Morgan fingerprint density at radius 3 is 2.67 bits per heavy atom. The number of terminal acetylenes is 1. The first kappa shape index (κ1) is 7.71. The van der Waals surface area contributed by atoms with Crippen LogP contribution < -0.4 is 0 Å². The van der Waals surface area contributed by atoms with Crippen LogP contribution in [0.5, 0.6) is 0 Å². The van der Waals surface area contributed by atoms with Crippen molar-refractivity contribution in [2.75, 3.05) is 0 Å². The van der Waals surface area contributed by atoms with Crippen molar-refractivity contribution in [3.8, 4) is 12.3 Å². The van der Waals surface area contributed by atoms with Crippen LogP contribution in [-0.2, 0) is 0 Å². The number of rotatable bonds is 1. The van der Waals surface area contributed by atoms with E-state index in [2.05, 4.69) is 12.0 Å². The maximum absolute atomic E-state index is 6.05. The third kappa shape index (κ3) is 1.33. The molecule has 0 atom stereocenters. The van der Waals surface area contributed by atoms with Crippen molar-refractivity contribution in [2.24, 2.45) is 0 Å². The number of halogens is 1. The quantitative estimate of drug-likeness (QED) is 0.577. The highest BCUT2D eigenvalue weighted by atomic mass is 35.5. The Labute approximate surface area is 77.6 Å². The summed E-state index contributed by atoms with van der Waals surface area (Å²) in [7, 11) is 0. The van der Waals surface area contributed by atoms with Gasteiger partial charge >= 0.3 is 0 Å². The van der Waals surface area contributed by atoms with Crippen molar-refractivity contribution in [1.29, 1.82) is 0 Å². The molecule has 0 aliphatic heterocycles. The Morgan fingerprint density at radius 2 is 2.17 bits per heavy atom. The molecule has 0 bridgehead atoms. The molecule has 1 aliphatic carbocycles. The fourth-order valence-electron chi connectivity index (χ4n) is 1.34. The monoisotopic (exact) mass is 176 g/mol. The van der Waals surface area contributed by atoms with Gasteiger partial charge < -0.3 is 0 Å². The van der Waals surface area contributed by atoms with E-state index < -0.39 is 0 Å². The lowest BCUT2D eigenvalue weighted by atomic mass is 10.1. The Balaban J connectivity index is 2.40. The highest BCUT2D eigenvalue weighted by molar-refractivity contribution is 6.31. The van der Waals surface area contributed by atoms with Crippen LogP contribution in [0.25, 0.3) is 0 Å². The summed E-state index contributed by atoms with van der Waals surface area (Å²) in [6, 6.07) is 5.88. The summed E-state index contributed by atoms with van der Waals surface area (Å²) in [5.74, 6) is 3.27. The van der Waals surface area contributed by atoms with Crippen LogP contribution in [-0.4, -0.2) is 0 Å². The van der Waals surface area contributed by atoms with E-state index >= 15 is 0 Å². The summed E-state index contributed by atoms with van der Waals surface area (Å²) < 4.78 is 0. The van der Waals surface area contributed by atoms with Crippen LogP contribution in [0.2, 0.25) is 5.02 Å². The largest absolute Gasteiger partial charge is 0.115 e. The summed E-state index contributed by atoms with van der Waals surface area (Å²) >= 11 is 6.05. The van der Waals surface area contributed by atoms with E-state index in [-0.39, 0.29) is 0 Å². The Morgan fingerprint density at radius 1 is 1.42 bits per heavy atom. The zero-order valence-electron chi connectivity index (χ0n) is 6.68. The molecule has 0 nitrogen and oxygen atoms in total. The van der Waals surface area contributed by atoms with Gasteiger partial charge in [0, 0.05) is 10.6 Å². The lowest BCUT2D eigenvalue weighted by Gasteiger charge is -2.01. The maximum Gasteiger partial charge on any atom is 0.0453 e. The van der Waals surface area contributed by atoms with Crippen LogP contribution in [0.4, 0.5) is 0 Å². The lowest BCUT2D eigenvalue weighted by Crippen LogP contribution is -1.82. The van der Waals surface area contributed by atoms with Crippen molar-refractivity contribution in [1.82, 2.24) is 0 Å². The molecular formula is C11H9Cl. The molecule has 1 aromatic carbocycles. The molecule has 0 heterocycles. The minimum Gasteiger partial charge on any atom is -0.115 e. The van der Waals surface area contributed by atoms with E-state index in [1.165, 1.54) is 18.4 Å². The van der Waals surface area contributed by atoms with Crippen molar-refractivity contribution < 1.29 is 0 Å². The van der Waals surface area contributed by atoms with Crippen LogP contribution in [0.1, 0.15) is 29.9 Å². The third-order valence-corrected chi connectivity index (χ3v) is 2.51.